The number of carbonyl (C=O) groups is 1. The van der Waals surface area contributed by atoms with Crippen LogP contribution in [0.15, 0.2) is 55.0 Å². The molecule has 11 heteroatoms. The number of aliphatic hydroxyl groups excluding tert-OH is 1. The van der Waals surface area contributed by atoms with Gasteiger partial charge >= 0.3 is 6.36 Å². The molecule has 0 radical (unpaired) electrons. The molecule has 3 fully saturated rings. The highest BCUT2D eigenvalue weighted by Gasteiger charge is 2.70. The number of rotatable bonds is 5. The summed E-state index contributed by atoms with van der Waals surface area (Å²) in [7, 11) is 0. The van der Waals surface area contributed by atoms with Crippen LogP contribution in [-0.2, 0) is 10.3 Å². The number of hydrogen-bond acceptors (Lipinski definition) is 6. The van der Waals surface area contributed by atoms with E-state index in [-0.39, 0.29) is 29.2 Å². The highest BCUT2D eigenvalue weighted by molar-refractivity contribution is 5.83. The van der Waals surface area contributed by atoms with E-state index in [1.54, 1.807) is 24.4 Å². The second-order valence-corrected chi connectivity index (χ2v) is 9.52. The number of aliphatic hydroxyl groups is 1. The molecular formula is C24H21F3N4O4. The van der Waals surface area contributed by atoms with Crippen molar-refractivity contribution >= 4 is 5.91 Å². The molecule has 3 aromatic rings. The van der Waals surface area contributed by atoms with Crippen molar-refractivity contribution in [2.24, 2.45) is 0 Å². The Balaban J connectivity index is 1.07. The van der Waals surface area contributed by atoms with Crippen LogP contribution in [0.25, 0.3) is 11.3 Å². The number of ether oxygens (including phenoxy) is 2. The summed E-state index contributed by atoms with van der Waals surface area (Å²) in [6.45, 7) is 0. The summed E-state index contributed by atoms with van der Waals surface area (Å²) >= 11 is 0. The Kier molecular flexibility index (Phi) is 4.66. The fraction of sp³-hybridized carbons (Fsp3) is 0.375. The average molecular weight is 486 g/mol. The van der Waals surface area contributed by atoms with E-state index in [0.717, 1.165) is 6.20 Å². The first-order valence-corrected chi connectivity index (χ1v) is 11.2. The fourth-order valence-electron chi connectivity index (χ4n) is 5.47. The van der Waals surface area contributed by atoms with Crippen LogP contribution >= 0.6 is 0 Å². The Hall–Kier alpha value is -3.60. The normalized spacial score (nSPS) is 28.7. The fourth-order valence-corrected chi connectivity index (χ4v) is 5.47. The predicted molar refractivity (Wildman–Crippen MR) is 115 cm³/mol. The minimum Gasteiger partial charge on any atom is -0.480 e. The van der Waals surface area contributed by atoms with Crippen LogP contribution in [0.2, 0.25) is 0 Å². The smallest absolute Gasteiger partial charge is 0.480 e. The second kappa shape index (κ2) is 7.45. The molecule has 1 amide bonds. The lowest BCUT2D eigenvalue weighted by Gasteiger charge is -2.70. The first-order chi connectivity index (χ1) is 16.6. The number of fused-ring (bicyclic) bond motifs is 1. The Morgan fingerprint density at radius 1 is 1.17 bits per heavy atom. The number of aromatic nitrogens is 3. The topological polar surface area (TPSA) is 98.5 Å². The summed E-state index contributed by atoms with van der Waals surface area (Å²) in [5, 5.41) is 17.9. The van der Waals surface area contributed by atoms with Gasteiger partial charge in [-0.2, -0.15) is 5.10 Å². The first-order valence-electron chi connectivity index (χ1n) is 11.2. The van der Waals surface area contributed by atoms with Gasteiger partial charge in [0.2, 0.25) is 0 Å². The predicted octanol–water partition coefficient (Wildman–Crippen LogP) is 3.48. The lowest BCUT2D eigenvalue weighted by Crippen LogP contribution is -2.79. The number of nitrogens with one attached hydrogen (secondary N) is 1. The number of pyridine rings is 1. The van der Waals surface area contributed by atoms with E-state index in [2.05, 4.69) is 20.1 Å². The summed E-state index contributed by atoms with van der Waals surface area (Å²) in [4.78, 5) is 16.9. The maximum Gasteiger partial charge on any atom is 0.573 e. The van der Waals surface area contributed by atoms with E-state index >= 15 is 0 Å². The Morgan fingerprint density at radius 3 is 2.66 bits per heavy atom. The molecule has 1 aromatic carbocycles. The van der Waals surface area contributed by atoms with Crippen LogP contribution in [0.4, 0.5) is 13.2 Å². The molecule has 4 aliphatic rings. The van der Waals surface area contributed by atoms with Gasteiger partial charge in [0, 0.05) is 29.3 Å². The van der Waals surface area contributed by atoms with Crippen molar-refractivity contribution in [1.29, 1.82) is 0 Å². The van der Waals surface area contributed by atoms with Gasteiger partial charge in [0.25, 0.3) is 5.91 Å². The number of nitrogens with zero attached hydrogens (tertiary/aromatic N) is 3. The largest absolute Gasteiger partial charge is 0.573 e. The third-order valence-corrected chi connectivity index (χ3v) is 7.00. The van der Waals surface area contributed by atoms with Crippen LogP contribution in [-0.4, -0.2) is 43.8 Å². The molecular weight excluding hydrogens is 465 g/mol. The maximum absolute atomic E-state index is 12.9. The van der Waals surface area contributed by atoms with Crippen molar-refractivity contribution < 1.29 is 32.5 Å². The zero-order chi connectivity index (χ0) is 24.4. The number of halogens is 3. The van der Waals surface area contributed by atoms with Gasteiger partial charge in [0.05, 0.1) is 29.7 Å². The molecule has 0 unspecified atom stereocenters. The van der Waals surface area contributed by atoms with Gasteiger partial charge in [0.15, 0.2) is 6.10 Å². The molecule has 3 heterocycles. The van der Waals surface area contributed by atoms with Gasteiger partial charge in [-0.15, -0.1) is 13.2 Å². The molecule has 1 aliphatic heterocycles. The van der Waals surface area contributed by atoms with Gasteiger partial charge in [-0.25, -0.2) is 0 Å². The monoisotopic (exact) mass is 486 g/mol. The quantitative estimate of drug-likeness (QED) is 0.573. The number of carbonyl (C=O) groups excluding carboxylic acids is 1. The van der Waals surface area contributed by atoms with Crippen LogP contribution in [0.1, 0.15) is 37.4 Å². The maximum atomic E-state index is 12.9. The Morgan fingerprint density at radius 2 is 1.94 bits per heavy atom. The lowest BCUT2D eigenvalue weighted by atomic mass is 9.44. The van der Waals surface area contributed by atoms with Gasteiger partial charge < -0.3 is 19.9 Å². The van der Waals surface area contributed by atoms with E-state index in [1.165, 1.54) is 12.1 Å². The molecule has 35 heavy (non-hydrogen) atoms. The Labute approximate surface area is 197 Å². The standard InChI is InChI=1S/C24H21F3N4O4/c25-24(26,27)35-15-5-6-17(28-9-15)14-8-29-31(10-14)23-11-22(12-23,13-23)30-21(33)20-7-18(32)16-3-1-2-4-19(16)34-20/h1-6,8-10,18,20,32H,7,11-13H2,(H,30,33)/t18-,20-,22?,23?/m1/s1. The molecule has 0 saturated heterocycles. The van der Waals surface area contributed by atoms with Gasteiger partial charge in [-0.05, 0) is 37.5 Å². The summed E-state index contributed by atoms with van der Waals surface area (Å²) < 4.78 is 48.5. The van der Waals surface area contributed by atoms with E-state index in [1.807, 2.05) is 16.9 Å². The molecule has 2 N–H and O–H groups in total. The molecule has 7 rings (SSSR count). The lowest BCUT2D eigenvalue weighted by molar-refractivity contribution is -0.274. The third kappa shape index (κ3) is 3.79. The van der Waals surface area contributed by atoms with Crippen molar-refractivity contribution in [2.45, 2.75) is 55.3 Å². The minimum absolute atomic E-state index is 0.201. The average Bonchev–Trinajstić information content (AvgIpc) is 3.24. The van der Waals surface area contributed by atoms with Crippen LogP contribution in [0.3, 0.4) is 0 Å². The van der Waals surface area contributed by atoms with Crippen molar-refractivity contribution in [3.8, 4) is 22.8 Å². The molecule has 2 bridgehead atoms. The molecule has 3 aliphatic carbocycles. The second-order valence-electron chi connectivity index (χ2n) is 9.52. The number of alkyl halides is 3. The van der Waals surface area contributed by atoms with E-state index in [9.17, 15) is 23.1 Å². The molecule has 8 nitrogen and oxygen atoms in total. The van der Waals surface area contributed by atoms with Crippen molar-refractivity contribution in [3.05, 3.63) is 60.6 Å². The van der Waals surface area contributed by atoms with Crippen LogP contribution in [0, 0.1) is 0 Å². The van der Waals surface area contributed by atoms with Crippen molar-refractivity contribution in [3.63, 3.8) is 0 Å². The minimum atomic E-state index is -4.77. The zero-order valence-electron chi connectivity index (χ0n) is 18.3. The zero-order valence-corrected chi connectivity index (χ0v) is 18.3. The van der Waals surface area contributed by atoms with Crippen molar-refractivity contribution in [2.75, 3.05) is 0 Å². The van der Waals surface area contributed by atoms with Gasteiger partial charge in [-0.1, -0.05) is 18.2 Å². The number of hydrogen-bond donors (Lipinski definition) is 2. The summed E-state index contributed by atoms with van der Waals surface area (Å²) in [5.74, 6) is -0.0989. The first kappa shape index (κ1) is 21.9. The van der Waals surface area contributed by atoms with E-state index < -0.39 is 18.6 Å². The molecule has 0 spiro atoms. The SMILES string of the molecule is O=C(NC12CC(n3cc(-c4ccc(OC(F)(F)F)cn4)cn3)(C1)C2)[C@H]1C[C@@H](O)c2ccccc2O1. The summed E-state index contributed by atoms with van der Waals surface area (Å²) in [5.41, 5.74) is 1.32. The Bertz CT molecular complexity index is 1270. The molecule has 2 aromatic heterocycles. The third-order valence-electron chi connectivity index (χ3n) is 7.00. The number of para-hydroxylation sites is 1. The number of amides is 1. The number of benzene rings is 1. The summed E-state index contributed by atoms with van der Waals surface area (Å²) in [6, 6.07) is 9.81. The van der Waals surface area contributed by atoms with Crippen LogP contribution < -0.4 is 14.8 Å². The summed E-state index contributed by atoms with van der Waals surface area (Å²) in [6.07, 6.45) is 0.524. The van der Waals surface area contributed by atoms with Crippen molar-refractivity contribution in [1.82, 2.24) is 20.1 Å². The van der Waals surface area contributed by atoms with Gasteiger partial charge in [-0.3, -0.25) is 14.5 Å². The highest BCUT2D eigenvalue weighted by Crippen LogP contribution is 2.65. The van der Waals surface area contributed by atoms with Gasteiger partial charge in [0.1, 0.15) is 11.5 Å². The molecule has 182 valence electrons. The highest BCUT2D eigenvalue weighted by atomic mass is 19.4. The molecule has 2 atom stereocenters. The van der Waals surface area contributed by atoms with E-state index in [4.69, 9.17) is 4.74 Å². The van der Waals surface area contributed by atoms with Crippen LogP contribution in [0.5, 0.6) is 11.5 Å². The van der Waals surface area contributed by atoms with E-state index in [0.29, 0.717) is 41.8 Å². The molecule has 3 saturated carbocycles.